The van der Waals surface area contributed by atoms with Crippen LogP contribution < -0.4 is 4.74 Å². The van der Waals surface area contributed by atoms with Crippen molar-refractivity contribution >= 4 is 5.78 Å². The largest absolute Gasteiger partial charge is 0.490 e. The fraction of sp³-hybridized carbons (Fsp3) is 0.533. The Morgan fingerprint density at radius 3 is 2.42 bits per heavy atom. The van der Waals surface area contributed by atoms with Gasteiger partial charge in [0.1, 0.15) is 18.5 Å². The molecule has 0 fully saturated rings. The van der Waals surface area contributed by atoms with Gasteiger partial charge < -0.3 is 14.2 Å². The first kappa shape index (κ1) is 15.7. The van der Waals surface area contributed by atoms with Crippen molar-refractivity contribution in [2.24, 2.45) is 5.92 Å². The number of ether oxygens (including phenoxy) is 3. The first-order valence-corrected chi connectivity index (χ1v) is 6.39. The van der Waals surface area contributed by atoms with Gasteiger partial charge in [0.05, 0.1) is 12.2 Å². The third-order valence-electron chi connectivity index (χ3n) is 2.82. The number of benzene rings is 1. The van der Waals surface area contributed by atoms with Crippen molar-refractivity contribution in [1.82, 2.24) is 0 Å². The topological polar surface area (TPSA) is 44.8 Å². The molecule has 4 nitrogen and oxygen atoms in total. The van der Waals surface area contributed by atoms with Crippen molar-refractivity contribution in [2.45, 2.75) is 20.0 Å². The van der Waals surface area contributed by atoms with Crippen molar-refractivity contribution in [3.8, 4) is 5.75 Å². The van der Waals surface area contributed by atoms with Crippen molar-refractivity contribution in [2.75, 3.05) is 27.4 Å². The highest BCUT2D eigenvalue weighted by Gasteiger charge is 2.25. The van der Waals surface area contributed by atoms with Crippen LogP contribution in [-0.2, 0) is 9.47 Å². The first-order valence-electron chi connectivity index (χ1n) is 6.39. The fourth-order valence-corrected chi connectivity index (χ4v) is 1.87. The molecule has 0 heterocycles. The summed E-state index contributed by atoms with van der Waals surface area (Å²) in [4.78, 5) is 12.4. The Kier molecular flexibility index (Phi) is 6.53. The molecule has 1 unspecified atom stereocenters. The predicted molar refractivity (Wildman–Crippen MR) is 73.8 cm³/mol. The lowest BCUT2D eigenvalue weighted by Crippen LogP contribution is -2.29. The summed E-state index contributed by atoms with van der Waals surface area (Å²) < 4.78 is 15.8. The number of carbonyl (C=O) groups excluding carboxylic acids is 1. The maximum atomic E-state index is 12.4. The van der Waals surface area contributed by atoms with E-state index in [-0.39, 0.29) is 11.7 Å². The average molecular weight is 266 g/mol. The van der Waals surface area contributed by atoms with E-state index in [1.165, 1.54) is 0 Å². The highest BCUT2D eigenvalue weighted by Crippen LogP contribution is 2.22. The Hall–Kier alpha value is -1.39. The molecular formula is C15H22O4. The summed E-state index contributed by atoms with van der Waals surface area (Å²) >= 11 is 0. The van der Waals surface area contributed by atoms with Crippen LogP contribution in [0.15, 0.2) is 24.3 Å². The number of hydrogen-bond acceptors (Lipinski definition) is 4. The molecule has 0 aliphatic carbocycles. The number of para-hydroxylation sites is 1. The zero-order valence-electron chi connectivity index (χ0n) is 12.0. The van der Waals surface area contributed by atoms with Crippen molar-refractivity contribution < 1.29 is 19.0 Å². The molecule has 0 saturated heterocycles. The van der Waals surface area contributed by atoms with Crippen LogP contribution in [0.5, 0.6) is 5.75 Å². The lowest BCUT2D eigenvalue weighted by molar-refractivity contribution is 0.0454. The molecule has 1 atom stereocenters. The average Bonchev–Trinajstić information content (AvgIpc) is 2.40. The van der Waals surface area contributed by atoms with Crippen molar-refractivity contribution in [3.63, 3.8) is 0 Å². The quantitative estimate of drug-likeness (QED) is 0.536. The molecule has 0 spiro atoms. The molecule has 0 aliphatic rings. The lowest BCUT2D eigenvalue weighted by atomic mass is 9.97. The Morgan fingerprint density at radius 2 is 1.84 bits per heavy atom. The van der Waals surface area contributed by atoms with Crippen molar-refractivity contribution in [3.05, 3.63) is 29.8 Å². The molecule has 1 aromatic carbocycles. The Labute approximate surface area is 114 Å². The number of carbonyl (C=O) groups is 1. The summed E-state index contributed by atoms with van der Waals surface area (Å²) in [6.45, 7) is 4.82. The molecule has 0 bridgehead atoms. The lowest BCUT2D eigenvalue weighted by Gasteiger charge is -2.19. The molecule has 19 heavy (non-hydrogen) atoms. The van der Waals surface area contributed by atoms with Gasteiger partial charge in [0.2, 0.25) is 0 Å². The molecule has 0 aliphatic heterocycles. The first-order chi connectivity index (χ1) is 9.11. The van der Waals surface area contributed by atoms with Crippen LogP contribution in [0.3, 0.4) is 0 Å². The maximum absolute atomic E-state index is 12.4. The van der Waals surface area contributed by atoms with E-state index in [1.54, 1.807) is 26.4 Å². The number of rotatable bonds is 8. The Morgan fingerprint density at radius 1 is 1.16 bits per heavy atom. The van der Waals surface area contributed by atoms with Crippen LogP contribution in [0.4, 0.5) is 0 Å². The minimum absolute atomic E-state index is 0.0504. The summed E-state index contributed by atoms with van der Waals surface area (Å²) in [5.74, 6) is 0.641. The van der Waals surface area contributed by atoms with E-state index in [1.807, 2.05) is 26.0 Å². The summed E-state index contributed by atoms with van der Waals surface area (Å²) in [5, 5.41) is 0. The SMILES string of the molecule is COCCOc1ccccc1C(=O)C(OC)C(C)C. The summed E-state index contributed by atoms with van der Waals surface area (Å²) in [5.41, 5.74) is 0.555. The van der Waals surface area contributed by atoms with E-state index in [0.29, 0.717) is 24.5 Å². The molecule has 0 amide bonds. The number of ketones is 1. The smallest absolute Gasteiger partial charge is 0.195 e. The third kappa shape index (κ3) is 4.33. The van der Waals surface area contributed by atoms with Crippen LogP contribution in [0.1, 0.15) is 24.2 Å². The highest BCUT2D eigenvalue weighted by molar-refractivity contribution is 6.02. The van der Waals surface area contributed by atoms with Crippen LogP contribution in [-0.4, -0.2) is 39.3 Å². The second kappa shape index (κ2) is 7.92. The van der Waals surface area contributed by atoms with E-state index < -0.39 is 6.10 Å². The molecule has 0 N–H and O–H groups in total. The van der Waals surface area contributed by atoms with E-state index in [4.69, 9.17) is 14.2 Å². The molecule has 1 rings (SSSR count). The number of methoxy groups -OCH3 is 2. The molecule has 1 aromatic rings. The molecule has 0 radical (unpaired) electrons. The van der Waals surface area contributed by atoms with Gasteiger partial charge in [0, 0.05) is 14.2 Å². The van der Waals surface area contributed by atoms with Crippen molar-refractivity contribution in [1.29, 1.82) is 0 Å². The Bertz CT molecular complexity index is 401. The van der Waals surface area contributed by atoms with E-state index in [9.17, 15) is 4.79 Å². The van der Waals surface area contributed by atoms with Gasteiger partial charge in [0.25, 0.3) is 0 Å². The van der Waals surface area contributed by atoms with Gasteiger partial charge in [-0.15, -0.1) is 0 Å². The zero-order valence-corrected chi connectivity index (χ0v) is 12.0. The summed E-state index contributed by atoms with van der Waals surface area (Å²) in [6, 6.07) is 7.22. The number of Topliss-reactive ketones (excluding diaryl/α,β-unsaturated/α-hetero) is 1. The second-order valence-electron chi connectivity index (χ2n) is 4.60. The van der Waals surface area contributed by atoms with E-state index in [0.717, 1.165) is 0 Å². The van der Waals surface area contributed by atoms with Gasteiger partial charge in [-0.2, -0.15) is 0 Å². The zero-order chi connectivity index (χ0) is 14.3. The van der Waals surface area contributed by atoms with Gasteiger partial charge in [-0.25, -0.2) is 0 Å². The van der Waals surface area contributed by atoms with Gasteiger partial charge in [-0.3, -0.25) is 4.79 Å². The van der Waals surface area contributed by atoms with Gasteiger partial charge in [-0.05, 0) is 18.1 Å². The van der Waals surface area contributed by atoms with Crippen LogP contribution >= 0.6 is 0 Å². The Balaban J connectivity index is 2.89. The monoisotopic (exact) mass is 266 g/mol. The van der Waals surface area contributed by atoms with Gasteiger partial charge in [-0.1, -0.05) is 26.0 Å². The maximum Gasteiger partial charge on any atom is 0.195 e. The van der Waals surface area contributed by atoms with E-state index in [2.05, 4.69) is 0 Å². The minimum Gasteiger partial charge on any atom is -0.490 e. The van der Waals surface area contributed by atoms with Crippen LogP contribution in [0.25, 0.3) is 0 Å². The van der Waals surface area contributed by atoms with Crippen LogP contribution in [0, 0.1) is 5.92 Å². The molecule has 4 heteroatoms. The highest BCUT2D eigenvalue weighted by atomic mass is 16.5. The molecule has 106 valence electrons. The molecule has 0 aromatic heterocycles. The predicted octanol–water partition coefficient (Wildman–Crippen LogP) is 2.57. The second-order valence-corrected chi connectivity index (χ2v) is 4.60. The molecule has 0 saturated carbocycles. The normalized spacial score (nSPS) is 12.5. The summed E-state index contributed by atoms with van der Waals surface area (Å²) in [7, 11) is 3.16. The van der Waals surface area contributed by atoms with Gasteiger partial charge >= 0.3 is 0 Å². The minimum atomic E-state index is -0.452. The molecular weight excluding hydrogens is 244 g/mol. The standard InChI is InChI=1S/C15H22O4/c1-11(2)15(18-4)14(16)12-7-5-6-8-13(12)19-10-9-17-3/h5-8,11,15H,9-10H2,1-4H3. The van der Waals surface area contributed by atoms with E-state index >= 15 is 0 Å². The summed E-state index contributed by atoms with van der Waals surface area (Å²) in [6.07, 6.45) is -0.452. The van der Waals surface area contributed by atoms with Crippen LogP contribution in [0.2, 0.25) is 0 Å². The third-order valence-corrected chi connectivity index (χ3v) is 2.82. The number of hydrogen-bond donors (Lipinski definition) is 0. The van der Waals surface area contributed by atoms with Gasteiger partial charge in [0.15, 0.2) is 5.78 Å². The fourth-order valence-electron chi connectivity index (χ4n) is 1.87.